The van der Waals surface area contributed by atoms with Crippen molar-refractivity contribution in [3.8, 4) is 0 Å². The largest absolute Gasteiger partial charge is 0.293 e. The van der Waals surface area contributed by atoms with Gasteiger partial charge in [0, 0.05) is 17.5 Å². The fourth-order valence-electron chi connectivity index (χ4n) is 2.58. The summed E-state index contributed by atoms with van der Waals surface area (Å²) in [5.41, 5.74) is 4.43. The van der Waals surface area contributed by atoms with Crippen molar-refractivity contribution in [2.75, 3.05) is 0 Å². The van der Waals surface area contributed by atoms with Crippen LogP contribution in [0.1, 0.15) is 42.3 Å². The lowest BCUT2D eigenvalue weighted by Gasteiger charge is -2.07. The van der Waals surface area contributed by atoms with Crippen LogP contribution >= 0.6 is 11.3 Å². The van der Waals surface area contributed by atoms with Gasteiger partial charge in [-0.15, -0.1) is 11.3 Å². The molecule has 0 amide bonds. The zero-order valence-corrected chi connectivity index (χ0v) is 14.5. The predicted octanol–water partition coefficient (Wildman–Crippen LogP) is 5.02. The molecule has 24 heavy (non-hydrogen) atoms. The van der Waals surface area contributed by atoms with Gasteiger partial charge in [-0.2, -0.15) is 0 Å². The SMILES string of the molecule is Cc1ccc(C(=O)c2cccc(CC(=O)c3cccs3)c2)cc1C. The van der Waals surface area contributed by atoms with Crippen LogP contribution in [0, 0.1) is 13.8 Å². The molecular weight excluding hydrogens is 316 g/mol. The van der Waals surface area contributed by atoms with E-state index in [4.69, 9.17) is 0 Å². The Kier molecular flexibility index (Phi) is 4.72. The van der Waals surface area contributed by atoms with Gasteiger partial charge in [-0.1, -0.05) is 36.4 Å². The molecule has 0 radical (unpaired) electrons. The zero-order valence-electron chi connectivity index (χ0n) is 13.7. The summed E-state index contributed by atoms with van der Waals surface area (Å²) >= 11 is 1.44. The van der Waals surface area contributed by atoms with Crippen LogP contribution in [0.4, 0.5) is 0 Å². The molecule has 0 aliphatic rings. The van der Waals surface area contributed by atoms with Gasteiger partial charge in [-0.05, 0) is 54.1 Å². The van der Waals surface area contributed by atoms with Gasteiger partial charge >= 0.3 is 0 Å². The molecule has 3 heteroatoms. The van der Waals surface area contributed by atoms with Gasteiger partial charge in [-0.3, -0.25) is 9.59 Å². The van der Waals surface area contributed by atoms with E-state index < -0.39 is 0 Å². The standard InChI is InChI=1S/C21H18O2S/c1-14-8-9-18(11-15(14)2)21(23)17-6-3-5-16(12-17)13-19(22)20-7-4-10-24-20/h3-12H,13H2,1-2H3. The molecule has 0 saturated carbocycles. The summed E-state index contributed by atoms with van der Waals surface area (Å²) in [5, 5.41) is 1.90. The van der Waals surface area contributed by atoms with E-state index in [0.717, 1.165) is 16.0 Å². The van der Waals surface area contributed by atoms with Crippen molar-refractivity contribution in [1.29, 1.82) is 0 Å². The third-order valence-corrected chi connectivity index (χ3v) is 5.03. The molecule has 120 valence electrons. The number of hydrogen-bond acceptors (Lipinski definition) is 3. The second-order valence-electron chi connectivity index (χ2n) is 5.91. The van der Waals surface area contributed by atoms with Crippen molar-refractivity contribution < 1.29 is 9.59 Å². The van der Waals surface area contributed by atoms with Crippen LogP contribution in [0.15, 0.2) is 60.0 Å². The Bertz CT molecular complexity index is 892. The highest BCUT2D eigenvalue weighted by Crippen LogP contribution is 2.17. The Morgan fingerprint density at radius 2 is 1.67 bits per heavy atom. The number of benzene rings is 2. The molecule has 0 aliphatic heterocycles. The lowest BCUT2D eigenvalue weighted by molar-refractivity contribution is 0.0993. The highest BCUT2D eigenvalue weighted by molar-refractivity contribution is 7.12. The van der Waals surface area contributed by atoms with Crippen molar-refractivity contribution in [2.24, 2.45) is 0 Å². The van der Waals surface area contributed by atoms with E-state index >= 15 is 0 Å². The van der Waals surface area contributed by atoms with E-state index in [1.807, 2.05) is 67.8 Å². The Labute approximate surface area is 145 Å². The minimum absolute atomic E-state index is 0.0106. The molecule has 0 spiro atoms. The third-order valence-electron chi connectivity index (χ3n) is 4.12. The number of carbonyl (C=O) groups excluding carboxylic acids is 2. The van der Waals surface area contributed by atoms with Gasteiger partial charge in [-0.25, -0.2) is 0 Å². The minimum Gasteiger partial charge on any atom is -0.293 e. The van der Waals surface area contributed by atoms with E-state index in [1.165, 1.54) is 16.9 Å². The summed E-state index contributed by atoms with van der Waals surface area (Å²) in [4.78, 5) is 25.7. The Hall–Kier alpha value is -2.52. The van der Waals surface area contributed by atoms with E-state index in [9.17, 15) is 9.59 Å². The van der Waals surface area contributed by atoms with Crippen LogP contribution < -0.4 is 0 Å². The van der Waals surface area contributed by atoms with Crippen LogP contribution in [0.3, 0.4) is 0 Å². The molecule has 0 aliphatic carbocycles. The highest BCUT2D eigenvalue weighted by Gasteiger charge is 2.13. The van der Waals surface area contributed by atoms with E-state index in [0.29, 0.717) is 17.5 Å². The summed E-state index contributed by atoms with van der Waals surface area (Å²) in [7, 11) is 0. The molecular formula is C21H18O2S. The monoisotopic (exact) mass is 334 g/mol. The smallest absolute Gasteiger partial charge is 0.193 e. The molecule has 3 aromatic rings. The average Bonchev–Trinajstić information content (AvgIpc) is 3.12. The van der Waals surface area contributed by atoms with Gasteiger partial charge in [0.05, 0.1) is 4.88 Å². The first-order chi connectivity index (χ1) is 11.5. The summed E-state index contributed by atoms with van der Waals surface area (Å²) in [6, 6.07) is 16.8. The Balaban J connectivity index is 1.83. The summed E-state index contributed by atoms with van der Waals surface area (Å²) in [6.45, 7) is 4.03. The van der Waals surface area contributed by atoms with E-state index in [2.05, 4.69) is 0 Å². The van der Waals surface area contributed by atoms with Gasteiger partial charge in [0.25, 0.3) is 0 Å². The average molecular weight is 334 g/mol. The molecule has 1 aromatic heterocycles. The van der Waals surface area contributed by atoms with Crippen LogP contribution in [0.25, 0.3) is 0 Å². The molecule has 0 fully saturated rings. The topological polar surface area (TPSA) is 34.1 Å². The lowest BCUT2D eigenvalue weighted by Crippen LogP contribution is -2.05. The number of ketones is 2. The molecule has 3 rings (SSSR count). The van der Waals surface area contributed by atoms with Crippen molar-refractivity contribution in [3.05, 3.63) is 92.7 Å². The normalized spacial score (nSPS) is 10.6. The van der Waals surface area contributed by atoms with Crippen LogP contribution in [-0.4, -0.2) is 11.6 Å². The summed E-state index contributed by atoms with van der Waals surface area (Å²) in [5.74, 6) is 0.0734. The van der Waals surface area contributed by atoms with Crippen LogP contribution in [-0.2, 0) is 6.42 Å². The third kappa shape index (κ3) is 3.52. The number of rotatable bonds is 5. The predicted molar refractivity (Wildman–Crippen MR) is 98.1 cm³/mol. The number of aryl methyl sites for hydroxylation is 2. The maximum Gasteiger partial charge on any atom is 0.193 e. The van der Waals surface area contributed by atoms with Crippen molar-refractivity contribution in [1.82, 2.24) is 0 Å². The van der Waals surface area contributed by atoms with Gasteiger partial charge in [0.15, 0.2) is 11.6 Å². The van der Waals surface area contributed by atoms with Gasteiger partial charge in [0.1, 0.15) is 0 Å². The zero-order chi connectivity index (χ0) is 17.1. The maximum absolute atomic E-state index is 12.7. The van der Waals surface area contributed by atoms with Crippen molar-refractivity contribution in [3.63, 3.8) is 0 Å². The molecule has 1 heterocycles. The quantitative estimate of drug-likeness (QED) is 0.614. The fourth-order valence-corrected chi connectivity index (χ4v) is 3.25. The van der Waals surface area contributed by atoms with Crippen LogP contribution in [0.2, 0.25) is 0 Å². The fraction of sp³-hybridized carbons (Fsp3) is 0.143. The molecule has 0 N–H and O–H groups in total. The first-order valence-electron chi connectivity index (χ1n) is 7.82. The van der Waals surface area contributed by atoms with Crippen molar-refractivity contribution in [2.45, 2.75) is 20.3 Å². The van der Waals surface area contributed by atoms with Gasteiger partial charge in [0.2, 0.25) is 0 Å². The molecule has 0 unspecified atom stereocenters. The first-order valence-corrected chi connectivity index (χ1v) is 8.70. The van der Waals surface area contributed by atoms with E-state index in [1.54, 1.807) is 6.07 Å². The maximum atomic E-state index is 12.7. The number of thiophene rings is 1. The lowest BCUT2D eigenvalue weighted by atomic mass is 9.97. The van der Waals surface area contributed by atoms with Gasteiger partial charge < -0.3 is 0 Å². The van der Waals surface area contributed by atoms with Crippen molar-refractivity contribution >= 4 is 22.9 Å². The summed E-state index contributed by atoms with van der Waals surface area (Å²) < 4.78 is 0. The number of hydrogen-bond donors (Lipinski definition) is 0. The number of carbonyl (C=O) groups is 2. The Morgan fingerprint density at radius 1 is 0.875 bits per heavy atom. The van der Waals surface area contributed by atoms with E-state index in [-0.39, 0.29) is 11.6 Å². The molecule has 0 bridgehead atoms. The Morgan fingerprint density at radius 3 is 2.38 bits per heavy atom. The molecule has 2 aromatic carbocycles. The second kappa shape index (κ2) is 6.93. The molecule has 2 nitrogen and oxygen atoms in total. The first kappa shape index (κ1) is 16.3. The molecule has 0 saturated heterocycles. The number of Topliss-reactive ketones (excluding diaryl/α,β-unsaturated/α-hetero) is 1. The molecule has 0 atom stereocenters. The van der Waals surface area contributed by atoms with Crippen LogP contribution in [0.5, 0.6) is 0 Å². The minimum atomic E-state index is -0.0106. The second-order valence-corrected chi connectivity index (χ2v) is 6.85. The highest BCUT2D eigenvalue weighted by atomic mass is 32.1. The summed E-state index contributed by atoms with van der Waals surface area (Å²) in [6.07, 6.45) is 0.314.